The van der Waals surface area contributed by atoms with Gasteiger partial charge < -0.3 is 14.8 Å². The van der Waals surface area contributed by atoms with Gasteiger partial charge in [0, 0.05) is 25.7 Å². The highest BCUT2D eigenvalue weighted by Gasteiger charge is 2.18. The van der Waals surface area contributed by atoms with Crippen LogP contribution in [-0.4, -0.2) is 44.2 Å². The van der Waals surface area contributed by atoms with Crippen molar-refractivity contribution in [3.8, 4) is 11.5 Å². The molecular weight excluding hydrogens is 441 g/mol. The molecule has 0 aliphatic carbocycles. The molecule has 8 nitrogen and oxygen atoms in total. The Morgan fingerprint density at radius 3 is 2.85 bits per heavy atom. The number of hydrogen-bond donors (Lipinski definition) is 1. The first kappa shape index (κ1) is 22.8. The molecule has 0 saturated carbocycles. The smallest absolute Gasteiger partial charge is 0.259 e. The third kappa shape index (κ3) is 4.85. The van der Waals surface area contributed by atoms with Crippen LogP contribution in [0.1, 0.15) is 50.0 Å². The lowest BCUT2D eigenvalue weighted by Crippen LogP contribution is -2.17. The molecule has 3 heterocycles. The molecule has 0 fully saturated rings. The van der Waals surface area contributed by atoms with E-state index in [1.807, 2.05) is 25.5 Å². The number of carbonyl (C=O) groups is 1. The summed E-state index contributed by atoms with van der Waals surface area (Å²) in [5, 5.41) is 11.6. The molecule has 4 aromatic rings. The Labute approximate surface area is 195 Å². The van der Waals surface area contributed by atoms with Crippen molar-refractivity contribution in [2.45, 2.75) is 39.7 Å². The van der Waals surface area contributed by atoms with Crippen molar-refractivity contribution in [3.63, 3.8) is 0 Å². The molecule has 0 aliphatic rings. The average Bonchev–Trinajstić information content (AvgIpc) is 3.44. The Bertz CT molecular complexity index is 1280. The summed E-state index contributed by atoms with van der Waals surface area (Å²) in [5.41, 5.74) is 1.06. The first-order valence-corrected chi connectivity index (χ1v) is 11.7. The standard InChI is InChI=1S/C23H26FN7OS/c1-5-6-10-30(4)23-27-18-12-16(24)15(11-19(18)33-23)22(32)28-20-9-7-8-17(26-20)21-29-25-13-31(21)14(2)3/h7-9,11-14H,5-6,10H2,1-4H3,(H,26,28,32). The van der Waals surface area contributed by atoms with E-state index in [0.717, 1.165) is 29.2 Å². The summed E-state index contributed by atoms with van der Waals surface area (Å²) in [6.45, 7) is 7.04. The van der Waals surface area contributed by atoms with E-state index in [1.165, 1.54) is 17.4 Å². The fourth-order valence-corrected chi connectivity index (χ4v) is 4.35. The maximum Gasteiger partial charge on any atom is 0.259 e. The number of nitrogens with one attached hydrogen (secondary N) is 1. The van der Waals surface area contributed by atoms with Crippen molar-refractivity contribution >= 4 is 38.4 Å². The van der Waals surface area contributed by atoms with Crippen molar-refractivity contribution < 1.29 is 9.18 Å². The summed E-state index contributed by atoms with van der Waals surface area (Å²) in [7, 11) is 1.97. The zero-order valence-electron chi connectivity index (χ0n) is 19.0. The fraction of sp³-hybridized carbons (Fsp3) is 0.348. The van der Waals surface area contributed by atoms with Crippen molar-refractivity contribution in [1.82, 2.24) is 24.7 Å². The highest BCUT2D eigenvalue weighted by Crippen LogP contribution is 2.30. The lowest BCUT2D eigenvalue weighted by Gasteiger charge is -2.14. The minimum absolute atomic E-state index is 0.0496. The van der Waals surface area contributed by atoms with E-state index >= 15 is 0 Å². The van der Waals surface area contributed by atoms with Gasteiger partial charge in [-0.2, -0.15) is 0 Å². The van der Waals surface area contributed by atoms with Crippen LogP contribution < -0.4 is 10.2 Å². The predicted molar refractivity (Wildman–Crippen MR) is 129 cm³/mol. The van der Waals surface area contributed by atoms with Gasteiger partial charge in [-0.1, -0.05) is 30.7 Å². The lowest BCUT2D eigenvalue weighted by molar-refractivity contribution is 0.102. The third-order valence-electron chi connectivity index (χ3n) is 5.23. The highest BCUT2D eigenvalue weighted by molar-refractivity contribution is 7.22. The van der Waals surface area contributed by atoms with Gasteiger partial charge in [-0.25, -0.2) is 14.4 Å². The normalized spacial score (nSPS) is 11.3. The van der Waals surface area contributed by atoms with Crippen LogP contribution in [0.15, 0.2) is 36.7 Å². The van der Waals surface area contributed by atoms with Crippen LogP contribution in [0.4, 0.5) is 15.3 Å². The number of hydrogen-bond acceptors (Lipinski definition) is 7. The van der Waals surface area contributed by atoms with Gasteiger partial charge in [-0.05, 0) is 38.5 Å². The number of pyridine rings is 1. The Kier molecular flexibility index (Phi) is 6.64. The van der Waals surface area contributed by atoms with Gasteiger partial charge in [0.05, 0.1) is 15.8 Å². The number of unbranched alkanes of at least 4 members (excludes halogenated alkanes) is 1. The summed E-state index contributed by atoms with van der Waals surface area (Å²) >= 11 is 1.44. The van der Waals surface area contributed by atoms with Crippen LogP contribution >= 0.6 is 11.3 Å². The topological polar surface area (TPSA) is 88.8 Å². The molecule has 1 amide bonds. The van der Waals surface area contributed by atoms with Gasteiger partial charge >= 0.3 is 0 Å². The van der Waals surface area contributed by atoms with E-state index in [2.05, 4.69) is 37.3 Å². The lowest BCUT2D eigenvalue weighted by atomic mass is 10.2. The molecule has 0 unspecified atom stereocenters. The second kappa shape index (κ2) is 9.62. The number of thiazole rings is 1. The second-order valence-electron chi connectivity index (χ2n) is 8.09. The average molecular weight is 468 g/mol. The summed E-state index contributed by atoms with van der Waals surface area (Å²) < 4.78 is 17.4. The molecule has 0 spiro atoms. The number of aromatic nitrogens is 5. The molecule has 0 bridgehead atoms. The third-order valence-corrected chi connectivity index (χ3v) is 6.37. The number of benzene rings is 1. The molecule has 33 heavy (non-hydrogen) atoms. The zero-order chi connectivity index (χ0) is 23.5. The van der Waals surface area contributed by atoms with E-state index in [1.54, 1.807) is 30.6 Å². The Morgan fingerprint density at radius 2 is 2.09 bits per heavy atom. The van der Waals surface area contributed by atoms with Crippen LogP contribution in [0.3, 0.4) is 0 Å². The maximum atomic E-state index is 14.8. The quantitative estimate of drug-likeness (QED) is 0.385. The fourth-order valence-electron chi connectivity index (χ4n) is 3.38. The van der Waals surface area contributed by atoms with Crippen LogP contribution in [-0.2, 0) is 0 Å². The zero-order valence-corrected chi connectivity index (χ0v) is 19.9. The minimum atomic E-state index is -0.622. The van der Waals surface area contributed by atoms with Crippen molar-refractivity contribution in [2.75, 3.05) is 23.8 Å². The van der Waals surface area contributed by atoms with Crippen LogP contribution in [0.5, 0.6) is 0 Å². The molecule has 10 heteroatoms. The maximum absolute atomic E-state index is 14.8. The largest absolute Gasteiger partial charge is 0.351 e. The molecular formula is C23H26FN7OS. The number of amides is 1. The predicted octanol–water partition coefficient (Wildman–Crippen LogP) is 5.16. The van der Waals surface area contributed by atoms with E-state index in [0.29, 0.717) is 22.9 Å². The van der Waals surface area contributed by atoms with Gasteiger partial charge in [0.15, 0.2) is 11.0 Å². The second-order valence-corrected chi connectivity index (χ2v) is 9.10. The molecule has 0 radical (unpaired) electrons. The number of nitrogens with zero attached hydrogens (tertiary/aromatic N) is 6. The number of rotatable bonds is 8. The first-order valence-electron chi connectivity index (χ1n) is 10.9. The van der Waals surface area contributed by atoms with Crippen LogP contribution in [0.25, 0.3) is 21.7 Å². The SMILES string of the molecule is CCCCN(C)c1nc2cc(F)c(C(=O)Nc3cccc(-c4nncn4C(C)C)n3)cc2s1. The van der Waals surface area contributed by atoms with E-state index < -0.39 is 11.7 Å². The summed E-state index contributed by atoms with van der Waals surface area (Å²) in [5.74, 6) is -0.292. The molecule has 0 saturated heterocycles. The van der Waals surface area contributed by atoms with Crippen LogP contribution in [0.2, 0.25) is 0 Å². The van der Waals surface area contributed by atoms with E-state index in [-0.39, 0.29) is 11.6 Å². The molecule has 172 valence electrons. The van der Waals surface area contributed by atoms with Gasteiger partial charge in [-0.15, -0.1) is 10.2 Å². The van der Waals surface area contributed by atoms with Crippen molar-refractivity contribution in [2.24, 2.45) is 0 Å². The number of anilines is 2. The van der Waals surface area contributed by atoms with Gasteiger partial charge in [-0.3, -0.25) is 4.79 Å². The van der Waals surface area contributed by atoms with Crippen LogP contribution in [0, 0.1) is 5.82 Å². The Hall–Kier alpha value is -3.40. The minimum Gasteiger partial charge on any atom is -0.351 e. The number of carbonyl (C=O) groups excluding carboxylic acids is 1. The molecule has 3 aromatic heterocycles. The number of fused-ring (bicyclic) bond motifs is 1. The van der Waals surface area contributed by atoms with Gasteiger partial charge in [0.25, 0.3) is 5.91 Å². The van der Waals surface area contributed by atoms with E-state index in [9.17, 15) is 9.18 Å². The molecule has 1 aromatic carbocycles. The molecule has 0 aliphatic heterocycles. The Balaban J connectivity index is 1.58. The van der Waals surface area contributed by atoms with Gasteiger partial charge in [0.2, 0.25) is 0 Å². The summed E-state index contributed by atoms with van der Waals surface area (Å²) in [4.78, 5) is 23.9. The molecule has 4 rings (SSSR count). The highest BCUT2D eigenvalue weighted by atomic mass is 32.1. The van der Waals surface area contributed by atoms with Crippen molar-refractivity contribution in [3.05, 3.63) is 48.0 Å². The van der Waals surface area contributed by atoms with Crippen molar-refractivity contribution in [1.29, 1.82) is 0 Å². The molecule has 1 N–H and O–H groups in total. The first-order chi connectivity index (χ1) is 15.9. The summed E-state index contributed by atoms with van der Waals surface area (Å²) in [6, 6.07) is 8.22. The molecule has 0 atom stereocenters. The summed E-state index contributed by atoms with van der Waals surface area (Å²) in [6.07, 6.45) is 3.77. The Morgan fingerprint density at radius 1 is 1.27 bits per heavy atom. The van der Waals surface area contributed by atoms with E-state index in [4.69, 9.17) is 0 Å². The number of halogens is 1. The monoisotopic (exact) mass is 467 g/mol. The van der Waals surface area contributed by atoms with Gasteiger partial charge in [0.1, 0.15) is 23.7 Å².